The molecule has 10 heteroatoms. The minimum Gasteiger partial charge on any atom is -0.490 e. The lowest BCUT2D eigenvalue weighted by Crippen LogP contribution is -2.32. The van der Waals surface area contributed by atoms with Gasteiger partial charge in [-0.3, -0.25) is 9.59 Å². The topological polar surface area (TPSA) is 89.0 Å². The van der Waals surface area contributed by atoms with Crippen molar-refractivity contribution in [2.45, 2.75) is 13.5 Å². The summed E-state index contributed by atoms with van der Waals surface area (Å²) in [5, 5.41) is 6.53. The number of benzene rings is 3. The van der Waals surface area contributed by atoms with Crippen molar-refractivity contribution in [3.05, 3.63) is 87.7 Å². The quantitative estimate of drug-likeness (QED) is 0.251. The van der Waals surface area contributed by atoms with Gasteiger partial charge >= 0.3 is 11.8 Å². The Bertz CT molecular complexity index is 1200. The van der Waals surface area contributed by atoms with Crippen molar-refractivity contribution in [1.82, 2.24) is 5.43 Å². The fourth-order valence-electron chi connectivity index (χ4n) is 2.73. The van der Waals surface area contributed by atoms with Crippen LogP contribution in [0.4, 0.5) is 10.1 Å². The summed E-state index contributed by atoms with van der Waals surface area (Å²) in [4.78, 5) is 24.1. The highest BCUT2D eigenvalue weighted by atomic mass is 35.5. The molecule has 0 aliphatic rings. The molecule has 0 unspecified atom stereocenters. The van der Waals surface area contributed by atoms with Crippen molar-refractivity contribution >= 4 is 46.9 Å². The molecular formula is C24H20Cl2FN3O4. The lowest BCUT2D eigenvalue weighted by atomic mass is 10.2. The summed E-state index contributed by atoms with van der Waals surface area (Å²) >= 11 is 11.9. The maximum atomic E-state index is 13.1. The smallest absolute Gasteiger partial charge is 0.329 e. The van der Waals surface area contributed by atoms with E-state index >= 15 is 0 Å². The molecule has 0 bridgehead atoms. The van der Waals surface area contributed by atoms with Gasteiger partial charge in [0.1, 0.15) is 12.4 Å². The van der Waals surface area contributed by atoms with E-state index in [2.05, 4.69) is 15.8 Å². The largest absolute Gasteiger partial charge is 0.490 e. The number of amides is 2. The second-order valence-electron chi connectivity index (χ2n) is 6.81. The highest BCUT2D eigenvalue weighted by Gasteiger charge is 2.15. The van der Waals surface area contributed by atoms with Crippen LogP contribution in [-0.2, 0) is 16.2 Å². The predicted octanol–water partition coefficient (Wildman–Crippen LogP) is 5.20. The highest BCUT2D eigenvalue weighted by molar-refractivity contribution is 6.45. The molecule has 0 atom stereocenters. The molecule has 0 fully saturated rings. The summed E-state index contributed by atoms with van der Waals surface area (Å²) in [6.07, 6.45) is 1.35. The van der Waals surface area contributed by atoms with E-state index in [1.54, 1.807) is 42.5 Å². The molecule has 2 amide bonds. The van der Waals surface area contributed by atoms with E-state index in [0.29, 0.717) is 23.7 Å². The van der Waals surface area contributed by atoms with Gasteiger partial charge in [0.05, 0.1) is 28.6 Å². The van der Waals surface area contributed by atoms with Crippen LogP contribution in [-0.4, -0.2) is 24.6 Å². The van der Waals surface area contributed by atoms with Crippen LogP contribution in [0, 0.1) is 5.82 Å². The number of hydrazone groups is 1. The van der Waals surface area contributed by atoms with Crippen molar-refractivity contribution < 1.29 is 23.5 Å². The summed E-state index contributed by atoms with van der Waals surface area (Å²) < 4.78 is 24.5. The van der Waals surface area contributed by atoms with Crippen LogP contribution in [0.2, 0.25) is 10.0 Å². The first-order chi connectivity index (χ1) is 16.4. The van der Waals surface area contributed by atoms with Crippen LogP contribution in [0.5, 0.6) is 11.5 Å². The number of hydrogen-bond donors (Lipinski definition) is 2. The average Bonchev–Trinajstić information content (AvgIpc) is 2.82. The van der Waals surface area contributed by atoms with Gasteiger partial charge in [-0.2, -0.15) is 5.10 Å². The Morgan fingerprint density at radius 3 is 2.50 bits per heavy atom. The van der Waals surface area contributed by atoms with E-state index in [0.717, 1.165) is 5.56 Å². The first-order valence-corrected chi connectivity index (χ1v) is 10.9. The molecule has 34 heavy (non-hydrogen) atoms. The Morgan fingerprint density at radius 1 is 1.00 bits per heavy atom. The molecule has 3 rings (SSSR count). The number of nitrogens with one attached hydrogen (secondary N) is 2. The van der Waals surface area contributed by atoms with E-state index < -0.39 is 11.8 Å². The van der Waals surface area contributed by atoms with Gasteiger partial charge < -0.3 is 14.8 Å². The summed E-state index contributed by atoms with van der Waals surface area (Å²) in [6.45, 7) is 2.46. The van der Waals surface area contributed by atoms with Gasteiger partial charge in [-0.15, -0.1) is 0 Å². The van der Waals surface area contributed by atoms with E-state index in [9.17, 15) is 14.0 Å². The second-order valence-corrected chi connectivity index (χ2v) is 7.59. The minimum absolute atomic E-state index is 0.124. The lowest BCUT2D eigenvalue weighted by Gasteiger charge is -2.12. The molecule has 0 heterocycles. The minimum atomic E-state index is -0.989. The Hall–Kier alpha value is -3.62. The predicted molar refractivity (Wildman–Crippen MR) is 129 cm³/mol. The van der Waals surface area contributed by atoms with Crippen molar-refractivity contribution in [2.75, 3.05) is 11.9 Å². The summed E-state index contributed by atoms with van der Waals surface area (Å²) in [5.41, 5.74) is 3.74. The van der Waals surface area contributed by atoms with Crippen LogP contribution >= 0.6 is 23.2 Å². The third-order valence-electron chi connectivity index (χ3n) is 4.36. The van der Waals surface area contributed by atoms with E-state index in [-0.39, 0.29) is 28.2 Å². The number of ether oxygens (including phenoxy) is 2. The number of carbonyl (C=O) groups is 2. The van der Waals surface area contributed by atoms with Gasteiger partial charge in [0.2, 0.25) is 0 Å². The van der Waals surface area contributed by atoms with Crippen molar-refractivity contribution in [2.24, 2.45) is 5.10 Å². The normalized spacial score (nSPS) is 10.7. The molecule has 0 aliphatic heterocycles. The maximum absolute atomic E-state index is 13.1. The molecule has 3 aromatic carbocycles. The molecule has 0 saturated carbocycles. The van der Waals surface area contributed by atoms with Gasteiger partial charge in [0.15, 0.2) is 11.5 Å². The zero-order valence-corrected chi connectivity index (χ0v) is 19.5. The Morgan fingerprint density at radius 2 is 1.76 bits per heavy atom. The van der Waals surface area contributed by atoms with Crippen LogP contribution < -0.4 is 20.2 Å². The van der Waals surface area contributed by atoms with Crippen molar-refractivity contribution in [3.63, 3.8) is 0 Å². The van der Waals surface area contributed by atoms with Crippen LogP contribution in [0.25, 0.3) is 0 Å². The SMILES string of the molecule is CCOc1cc(/C=N\NC(=O)C(=O)Nc2cccc(Cl)c2Cl)ccc1OCc1ccc(F)cc1. The lowest BCUT2D eigenvalue weighted by molar-refractivity contribution is -0.136. The zero-order chi connectivity index (χ0) is 24.5. The van der Waals surface area contributed by atoms with Gasteiger partial charge in [-0.05, 0) is 60.5 Å². The van der Waals surface area contributed by atoms with Gasteiger partial charge in [-0.1, -0.05) is 41.4 Å². The van der Waals surface area contributed by atoms with Crippen molar-refractivity contribution in [3.8, 4) is 11.5 Å². The maximum Gasteiger partial charge on any atom is 0.329 e. The van der Waals surface area contributed by atoms with Gasteiger partial charge in [0.25, 0.3) is 0 Å². The third-order valence-corrected chi connectivity index (χ3v) is 5.18. The first-order valence-electron chi connectivity index (χ1n) is 10.1. The van der Waals surface area contributed by atoms with Gasteiger partial charge in [0, 0.05) is 0 Å². The molecule has 176 valence electrons. The molecule has 0 aliphatic carbocycles. The number of hydrogen-bond acceptors (Lipinski definition) is 5. The monoisotopic (exact) mass is 503 g/mol. The number of halogens is 3. The molecule has 3 aromatic rings. The number of rotatable bonds is 8. The van der Waals surface area contributed by atoms with Gasteiger partial charge in [-0.25, -0.2) is 9.82 Å². The van der Waals surface area contributed by atoms with E-state index in [4.69, 9.17) is 32.7 Å². The van der Waals surface area contributed by atoms with Crippen molar-refractivity contribution in [1.29, 1.82) is 0 Å². The molecule has 0 aromatic heterocycles. The zero-order valence-electron chi connectivity index (χ0n) is 18.0. The first kappa shape index (κ1) is 25.0. The Kier molecular flexibility index (Phi) is 8.84. The molecule has 2 N–H and O–H groups in total. The van der Waals surface area contributed by atoms with Crippen LogP contribution in [0.3, 0.4) is 0 Å². The Labute approximate surface area is 205 Å². The Balaban J connectivity index is 1.60. The second kappa shape index (κ2) is 12.0. The molecule has 0 spiro atoms. The number of carbonyl (C=O) groups excluding carboxylic acids is 2. The van der Waals surface area contributed by atoms with E-state index in [1.807, 2.05) is 6.92 Å². The fourth-order valence-corrected chi connectivity index (χ4v) is 3.08. The summed E-state index contributed by atoms with van der Waals surface area (Å²) in [5.74, 6) is -1.31. The van der Waals surface area contributed by atoms with Crippen LogP contribution in [0.15, 0.2) is 65.8 Å². The van der Waals surface area contributed by atoms with Crippen LogP contribution in [0.1, 0.15) is 18.1 Å². The number of nitrogens with zero attached hydrogens (tertiary/aromatic N) is 1. The third kappa shape index (κ3) is 6.94. The molecule has 0 radical (unpaired) electrons. The molecular weight excluding hydrogens is 484 g/mol. The standard InChI is InChI=1S/C24H20Cl2FN3O4/c1-2-33-21-12-16(8-11-20(21)34-14-15-6-9-17(27)10-7-15)13-28-30-24(32)23(31)29-19-5-3-4-18(25)22(19)26/h3-13H,2,14H2,1H3,(H,29,31)(H,30,32)/b28-13-. The van der Waals surface area contributed by atoms with E-state index in [1.165, 1.54) is 24.4 Å². The summed E-state index contributed by atoms with van der Waals surface area (Å²) in [7, 11) is 0. The molecule has 7 nitrogen and oxygen atoms in total. The highest BCUT2D eigenvalue weighted by Crippen LogP contribution is 2.30. The fraction of sp³-hybridized carbons (Fsp3) is 0.125. The number of anilines is 1. The summed E-state index contributed by atoms with van der Waals surface area (Å²) in [6, 6.07) is 15.7. The molecule has 0 saturated heterocycles. The average molecular weight is 504 g/mol.